The predicted molar refractivity (Wildman–Crippen MR) is 60.8 cm³/mol. The quantitative estimate of drug-likeness (QED) is 0.776. The Kier molecular flexibility index (Phi) is 5.25. The van der Waals surface area contributed by atoms with Gasteiger partial charge in [-0.05, 0) is 24.6 Å². The summed E-state index contributed by atoms with van der Waals surface area (Å²) in [5.41, 5.74) is 2.87. The molecule has 0 spiro atoms. The van der Waals surface area contributed by atoms with Crippen molar-refractivity contribution in [3.8, 4) is 0 Å². The van der Waals surface area contributed by atoms with E-state index < -0.39 is 6.10 Å². The third-order valence-electron chi connectivity index (χ3n) is 1.96. The predicted octanol–water partition coefficient (Wildman–Crippen LogP) is 1.83. The minimum atomic E-state index is -0.849. The molecule has 0 aliphatic rings. The molecule has 16 heavy (non-hydrogen) atoms. The fourth-order valence-electron chi connectivity index (χ4n) is 1.17. The van der Waals surface area contributed by atoms with Crippen molar-refractivity contribution in [3.05, 3.63) is 34.9 Å². The van der Waals surface area contributed by atoms with E-state index in [0.29, 0.717) is 17.2 Å². The summed E-state index contributed by atoms with van der Waals surface area (Å²) >= 11 is 5.71. The van der Waals surface area contributed by atoms with E-state index in [1.165, 1.54) is 0 Å². The lowest BCUT2D eigenvalue weighted by atomic mass is 10.1. The molecule has 0 aliphatic carbocycles. The van der Waals surface area contributed by atoms with Gasteiger partial charge in [-0.1, -0.05) is 23.7 Å². The van der Waals surface area contributed by atoms with Crippen LogP contribution in [0, 0.1) is 0 Å². The number of hydrogen-bond donors (Lipinski definition) is 2. The fraction of sp³-hybridized carbons (Fsp3) is 0.364. The molecule has 0 saturated carbocycles. The molecule has 0 heterocycles. The molecule has 0 saturated heterocycles. The molecule has 1 rings (SSSR count). The van der Waals surface area contributed by atoms with Crippen molar-refractivity contribution >= 4 is 17.5 Å². The molecule has 1 amide bonds. The normalized spacial score (nSPS) is 12.2. The highest BCUT2D eigenvalue weighted by Crippen LogP contribution is 2.18. The van der Waals surface area contributed by atoms with Crippen molar-refractivity contribution in [1.82, 2.24) is 5.48 Å². The molecule has 1 aromatic carbocycles. The van der Waals surface area contributed by atoms with Gasteiger partial charge >= 0.3 is 0 Å². The van der Waals surface area contributed by atoms with Crippen LogP contribution >= 0.6 is 11.6 Å². The zero-order valence-corrected chi connectivity index (χ0v) is 9.70. The average Bonchev–Trinajstić information content (AvgIpc) is 2.27. The van der Waals surface area contributed by atoms with Crippen LogP contribution in [0.2, 0.25) is 5.02 Å². The minimum Gasteiger partial charge on any atom is -0.388 e. The second-order valence-corrected chi connectivity index (χ2v) is 3.67. The molecule has 0 radical (unpaired) electrons. The molecule has 1 atom stereocenters. The highest BCUT2D eigenvalue weighted by molar-refractivity contribution is 6.30. The standard InChI is InChI=1S/C11H14ClNO3/c1-2-16-13-11(15)7-10(14)8-3-5-9(12)6-4-8/h3-6,10,14H,2,7H2,1H3,(H,13,15). The number of aliphatic hydroxyl groups is 1. The van der Waals surface area contributed by atoms with Gasteiger partial charge in [0, 0.05) is 5.02 Å². The maximum atomic E-state index is 11.2. The maximum Gasteiger partial charge on any atom is 0.246 e. The van der Waals surface area contributed by atoms with Gasteiger partial charge in [-0.15, -0.1) is 0 Å². The smallest absolute Gasteiger partial charge is 0.246 e. The highest BCUT2D eigenvalue weighted by Gasteiger charge is 2.12. The first kappa shape index (κ1) is 13.0. The molecule has 2 N–H and O–H groups in total. The number of nitrogens with one attached hydrogen (secondary N) is 1. The topological polar surface area (TPSA) is 58.6 Å². The molecule has 1 aromatic rings. The van der Waals surface area contributed by atoms with Crippen LogP contribution in [0.3, 0.4) is 0 Å². The van der Waals surface area contributed by atoms with Crippen LogP contribution < -0.4 is 5.48 Å². The largest absolute Gasteiger partial charge is 0.388 e. The lowest BCUT2D eigenvalue weighted by molar-refractivity contribution is -0.135. The second kappa shape index (κ2) is 6.48. The molecule has 88 valence electrons. The van der Waals surface area contributed by atoms with E-state index in [-0.39, 0.29) is 12.3 Å². The number of carbonyl (C=O) groups is 1. The Labute approximate surface area is 99.1 Å². The van der Waals surface area contributed by atoms with Gasteiger partial charge in [-0.25, -0.2) is 5.48 Å². The SMILES string of the molecule is CCONC(=O)CC(O)c1ccc(Cl)cc1. The number of hydroxylamine groups is 1. The summed E-state index contributed by atoms with van der Waals surface area (Å²) < 4.78 is 0. The number of aliphatic hydroxyl groups excluding tert-OH is 1. The van der Waals surface area contributed by atoms with Crippen LogP contribution in [-0.2, 0) is 9.63 Å². The van der Waals surface area contributed by atoms with E-state index in [2.05, 4.69) is 5.48 Å². The summed E-state index contributed by atoms with van der Waals surface area (Å²) in [5.74, 6) is -0.357. The van der Waals surface area contributed by atoms with Crippen molar-refractivity contribution in [1.29, 1.82) is 0 Å². The number of carbonyl (C=O) groups excluding carboxylic acids is 1. The number of amides is 1. The van der Waals surface area contributed by atoms with Crippen LogP contribution in [0.4, 0.5) is 0 Å². The summed E-state index contributed by atoms with van der Waals surface area (Å²) in [7, 11) is 0. The Hall–Kier alpha value is -1.10. The third kappa shape index (κ3) is 4.18. The Morgan fingerprint density at radius 2 is 2.12 bits per heavy atom. The second-order valence-electron chi connectivity index (χ2n) is 3.23. The Bertz CT molecular complexity index is 340. The van der Waals surface area contributed by atoms with Crippen LogP contribution in [0.1, 0.15) is 25.0 Å². The Balaban J connectivity index is 2.48. The van der Waals surface area contributed by atoms with E-state index >= 15 is 0 Å². The third-order valence-corrected chi connectivity index (χ3v) is 2.22. The molecule has 4 nitrogen and oxygen atoms in total. The van der Waals surface area contributed by atoms with Crippen LogP contribution in [0.25, 0.3) is 0 Å². The van der Waals surface area contributed by atoms with Crippen molar-refractivity contribution in [2.45, 2.75) is 19.4 Å². The van der Waals surface area contributed by atoms with Gasteiger partial charge in [-0.3, -0.25) is 9.63 Å². The van der Waals surface area contributed by atoms with Gasteiger partial charge < -0.3 is 5.11 Å². The first-order chi connectivity index (χ1) is 7.63. The maximum absolute atomic E-state index is 11.2. The van der Waals surface area contributed by atoms with E-state index in [1.807, 2.05) is 0 Å². The molecular formula is C11H14ClNO3. The molecular weight excluding hydrogens is 230 g/mol. The Morgan fingerprint density at radius 1 is 1.50 bits per heavy atom. The zero-order chi connectivity index (χ0) is 12.0. The van der Waals surface area contributed by atoms with Crippen molar-refractivity contribution in [3.63, 3.8) is 0 Å². The molecule has 0 fully saturated rings. The van der Waals surface area contributed by atoms with Crippen LogP contribution in [0.15, 0.2) is 24.3 Å². The monoisotopic (exact) mass is 243 g/mol. The number of rotatable bonds is 5. The molecule has 0 aromatic heterocycles. The van der Waals surface area contributed by atoms with Crippen molar-refractivity contribution < 1.29 is 14.7 Å². The minimum absolute atomic E-state index is 0.0400. The summed E-state index contributed by atoms with van der Waals surface area (Å²) in [4.78, 5) is 15.9. The highest BCUT2D eigenvalue weighted by atomic mass is 35.5. The van der Waals surface area contributed by atoms with Crippen LogP contribution in [-0.4, -0.2) is 17.6 Å². The molecule has 1 unspecified atom stereocenters. The first-order valence-electron chi connectivity index (χ1n) is 4.97. The van der Waals surface area contributed by atoms with Gasteiger partial charge in [0.1, 0.15) is 0 Å². The summed E-state index contributed by atoms with van der Waals surface area (Å²) in [6, 6.07) is 6.70. The van der Waals surface area contributed by atoms with E-state index in [4.69, 9.17) is 16.4 Å². The first-order valence-corrected chi connectivity index (χ1v) is 5.35. The zero-order valence-electron chi connectivity index (χ0n) is 8.94. The lowest BCUT2D eigenvalue weighted by Crippen LogP contribution is -2.25. The van der Waals surface area contributed by atoms with Gasteiger partial charge in [0.15, 0.2) is 0 Å². The van der Waals surface area contributed by atoms with Crippen molar-refractivity contribution in [2.24, 2.45) is 0 Å². The average molecular weight is 244 g/mol. The van der Waals surface area contributed by atoms with E-state index in [0.717, 1.165) is 0 Å². The van der Waals surface area contributed by atoms with Crippen LogP contribution in [0.5, 0.6) is 0 Å². The number of hydrogen-bond acceptors (Lipinski definition) is 3. The van der Waals surface area contributed by atoms with Gasteiger partial charge in [0.2, 0.25) is 5.91 Å². The van der Waals surface area contributed by atoms with Gasteiger partial charge in [0.25, 0.3) is 0 Å². The summed E-state index contributed by atoms with van der Waals surface area (Å²) in [6.07, 6.45) is -0.889. The van der Waals surface area contributed by atoms with E-state index in [9.17, 15) is 9.90 Å². The lowest BCUT2D eigenvalue weighted by Gasteiger charge is -2.10. The van der Waals surface area contributed by atoms with Crippen molar-refractivity contribution in [2.75, 3.05) is 6.61 Å². The van der Waals surface area contributed by atoms with Gasteiger partial charge in [0.05, 0.1) is 19.1 Å². The van der Waals surface area contributed by atoms with E-state index in [1.54, 1.807) is 31.2 Å². The number of halogens is 1. The molecule has 0 bridgehead atoms. The summed E-state index contributed by atoms with van der Waals surface area (Å²) in [6.45, 7) is 2.15. The van der Waals surface area contributed by atoms with Gasteiger partial charge in [-0.2, -0.15) is 0 Å². The number of benzene rings is 1. The summed E-state index contributed by atoms with van der Waals surface area (Å²) in [5, 5.41) is 10.3. The fourth-order valence-corrected chi connectivity index (χ4v) is 1.30. The molecule has 0 aliphatic heterocycles. The molecule has 5 heteroatoms. The Morgan fingerprint density at radius 3 is 2.69 bits per heavy atom.